The fraction of sp³-hybridized carbons (Fsp3) is 0.778. The molecule has 146 valence electrons. The van der Waals surface area contributed by atoms with Crippen molar-refractivity contribution < 1.29 is 14.2 Å². The number of aliphatic hydroxyl groups is 1. The van der Waals surface area contributed by atoms with Gasteiger partial charge in [-0.1, -0.05) is 11.6 Å². The van der Waals surface area contributed by atoms with Crippen LogP contribution < -0.4 is 11.6 Å². The van der Waals surface area contributed by atoms with Crippen molar-refractivity contribution in [2.45, 2.75) is 70.9 Å². The standard InChI is InChI=1S/C18H35FN4O2/c1-5-13(2)8-17(11-19)23(21)12-15(20)6-7-22(4)16-9-14(3)25-18(24)10-16/h5,12,14,16-18,24H,6-11,20-21H2,1-4H3/b13-5+,15-12-. The van der Waals surface area contributed by atoms with Crippen molar-refractivity contribution in [3.63, 3.8) is 0 Å². The first kappa shape index (κ1) is 21.9. The molecule has 0 aromatic rings. The molecule has 1 aliphatic rings. The predicted octanol–water partition coefficient (Wildman–Crippen LogP) is 1.86. The van der Waals surface area contributed by atoms with Crippen LogP contribution in [0, 0.1) is 0 Å². The van der Waals surface area contributed by atoms with Crippen LogP contribution in [0.3, 0.4) is 0 Å². The van der Waals surface area contributed by atoms with E-state index in [9.17, 15) is 9.50 Å². The number of ether oxygens (including phenoxy) is 1. The Balaban J connectivity index is 2.50. The summed E-state index contributed by atoms with van der Waals surface area (Å²) < 4.78 is 18.6. The third-order valence-corrected chi connectivity index (χ3v) is 4.81. The molecule has 0 aromatic carbocycles. The first-order chi connectivity index (χ1) is 11.8. The van der Waals surface area contributed by atoms with E-state index in [2.05, 4.69) is 4.90 Å². The highest BCUT2D eigenvalue weighted by molar-refractivity contribution is 5.02. The van der Waals surface area contributed by atoms with E-state index >= 15 is 0 Å². The highest BCUT2D eigenvalue weighted by atomic mass is 19.1. The van der Waals surface area contributed by atoms with E-state index in [0.29, 0.717) is 25.0 Å². The molecule has 1 saturated heterocycles. The number of hydrogen-bond acceptors (Lipinski definition) is 6. The molecule has 4 atom stereocenters. The van der Waals surface area contributed by atoms with Crippen LogP contribution in [0.25, 0.3) is 0 Å². The van der Waals surface area contributed by atoms with Gasteiger partial charge in [0.1, 0.15) is 6.67 Å². The Morgan fingerprint density at radius 2 is 2.12 bits per heavy atom. The Kier molecular flexibility index (Phi) is 9.42. The second-order valence-electron chi connectivity index (χ2n) is 7.06. The topological polar surface area (TPSA) is 88.0 Å². The van der Waals surface area contributed by atoms with Gasteiger partial charge < -0.3 is 25.5 Å². The number of nitrogens with two attached hydrogens (primary N) is 2. The van der Waals surface area contributed by atoms with Crippen LogP contribution in [-0.4, -0.2) is 59.8 Å². The summed E-state index contributed by atoms with van der Waals surface area (Å²) >= 11 is 0. The lowest BCUT2D eigenvalue weighted by Gasteiger charge is -2.36. The second-order valence-corrected chi connectivity index (χ2v) is 7.06. The number of rotatable bonds is 9. The van der Waals surface area contributed by atoms with Crippen LogP contribution in [0.4, 0.5) is 4.39 Å². The smallest absolute Gasteiger partial charge is 0.156 e. The largest absolute Gasteiger partial charge is 0.401 e. The van der Waals surface area contributed by atoms with Gasteiger partial charge in [0.15, 0.2) is 6.29 Å². The van der Waals surface area contributed by atoms with Gasteiger partial charge in [0.25, 0.3) is 0 Å². The van der Waals surface area contributed by atoms with Crippen LogP contribution in [0.5, 0.6) is 0 Å². The molecule has 0 aliphatic carbocycles. The first-order valence-electron chi connectivity index (χ1n) is 8.97. The minimum absolute atomic E-state index is 0.0452. The molecule has 0 aromatic heterocycles. The Labute approximate surface area is 151 Å². The normalized spacial score (nSPS) is 26.8. The van der Waals surface area contributed by atoms with E-state index in [4.69, 9.17) is 16.3 Å². The summed E-state index contributed by atoms with van der Waals surface area (Å²) in [6.07, 6.45) is 5.61. The lowest BCUT2D eigenvalue weighted by molar-refractivity contribution is -0.173. The predicted molar refractivity (Wildman–Crippen MR) is 98.9 cm³/mol. The fourth-order valence-electron chi connectivity index (χ4n) is 3.03. The highest BCUT2D eigenvalue weighted by Crippen LogP contribution is 2.22. The number of aliphatic hydroxyl groups excluding tert-OH is 1. The summed E-state index contributed by atoms with van der Waals surface area (Å²) in [7, 11) is 2.02. The van der Waals surface area contributed by atoms with Gasteiger partial charge >= 0.3 is 0 Å². The molecule has 0 radical (unpaired) electrons. The first-order valence-corrected chi connectivity index (χ1v) is 8.97. The highest BCUT2D eigenvalue weighted by Gasteiger charge is 2.28. The average molecular weight is 359 g/mol. The maximum atomic E-state index is 13.2. The molecule has 0 spiro atoms. The van der Waals surface area contributed by atoms with Gasteiger partial charge in [0, 0.05) is 37.3 Å². The number of hydrazine groups is 1. The van der Waals surface area contributed by atoms with Gasteiger partial charge in [-0.05, 0) is 40.7 Å². The summed E-state index contributed by atoms with van der Waals surface area (Å²) in [6.45, 7) is 6.08. The zero-order valence-corrected chi connectivity index (χ0v) is 16.0. The average Bonchev–Trinajstić information content (AvgIpc) is 2.56. The van der Waals surface area contributed by atoms with E-state index in [0.717, 1.165) is 18.5 Å². The Hall–Kier alpha value is -1.15. The molecule has 25 heavy (non-hydrogen) atoms. The van der Waals surface area contributed by atoms with Crippen molar-refractivity contribution in [3.8, 4) is 0 Å². The molecule has 0 bridgehead atoms. The molecule has 0 amide bonds. The van der Waals surface area contributed by atoms with Gasteiger partial charge in [-0.2, -0.15) is 0 Å². The Bertz CT molecular complexity index is 448. The Morgan fingerprint density at radius 3 is 2.68 bits per heavy atom. The zero-order chi connectivity index (χ0) is 19.0. The summed E-state index contributed by atoms with van der Waals surface area (Å²) in [5, 5.41) is 11.1. The molecular weight excluding hydrogens is 323 g/mol. The van der Waals surface area contributed by atoms with E-state index < -0.39 is 19.0 Å². The molecule has 5 N–H and O–H groups in total. The quantitative estimate of drug-likeness (QED) is 0.331. The summed E-state index contributed by atoms with van der Waals surface area (Å²) in [6, 6.07) is -0.143. The molecule has 1 rings (SSSR count). The van der Waals surface area contributed by atoms with Gasteiger partial charge in [-0.15, -0.1) is 0 Å². The van der Waals surface area contributed by atoms with Crippen molar-refractivity contribution in [1.29, 1.82) is 0 Å². The molecule has 1 heterocycles. The van der Waals surface area contributed by atoms with E-state index in [1.807, 2.05) is 33.9 Å². The lowest BCUT2D eigenvalue weighted by Crippen LogP contribution is -2.43. The fourth-order valence-corrected chi connectivity index (χ4v) is 3.03. The monoisotopic (exact) mass is 358 g/mol. The minimum Gasteiger partial charge on any atom is -0.401 e. The van der Waals surface area contributed by atoms with Gasteiger partial charge in [-0.3, -0.25) is 0 Å². The van der Waals surface area contributed by atoms with Crippen LogP contribution in [0.15, 0.2) is 23.5 Å². The molecule has 7 heteroatoms. The van der Waals surface area contributed by atoms with Crippen molar-refractivity contribution in [2.75, 3.05) is 20.3 Å². The van der Waals surface area contributed by atoms with Crippen LogP contribution in [0.1, 0.15) is 46.5 Å². The van der Waals surface area contributed by atoms with Crippen LogP contribution in [0.2, 0.25) is 0 Å². The number of allylic oxidation sites excluding steroid dienone is 1. The molecule has 0 saturated carbocycles. The van der Waals surface area contributed by atoms with Gasteiger partial charge in [0.2, 0.25) is 0 Å². The van der Waals surface area contributed by atoms with E-state index in [-0.39, 0.29) is 12.1 Å². The van der Waals surface area contributed by atoms with E-state index in [1.165, 1.54) is 5.01 Å². The third-order valence-electron chi connectivity index (χ3n) is 4.81. The number of nitrogens with zero attached hydrogens (tertiary/aromatic N) is 2. The summed E-state index contributed by atoms with van der Waals surface area (Å²) in [4.78, 5) is 2.18. The van der Waals surface area contributed by atoms with Gasteiger partial charge in [0.05, 0.1) is 12.1 Å². The second kappa shape index (κ2) is 10.8. The molecule has 6 nitrogen and oxygen atoms in total. The van der Waals surface area contributed by atoms with Gasteiger partial charge in [-0.25, -0.2) is 10.2 Å². The SMILES string of the molecule is C/C=C(\C)CC(CF)N(N)/C=C(\N)CCN(C)C1CC(C)OC(O)C1. The molecule has 1 aliphatic heterocycles. The third kappa shape index (κ3) is 7.73. The number of alkyl halides is 1. The maximum Gasteiger partial charge on any atom is 0.156 e. The summed E-state index contributed by atoms with van der Waals surface area (Å²) in [5.41, 5.74) is 7.78. The maximum absolute atomic E-state index is 13.2. The van der Waals surface area contributed by atoms with Crippen LogP contribution in [-0.2, 0) is 4.74 Å². The minimum atomic E-state index is -0.705. The van der Waals surface area contributed by atoms with Crippen molar-refractivity contribution in [3.05, 3.63) is 23.5 Å². The van der Waals surface area contributed by atoms with E-state index in [1.54, 1.807) is 6.20 Å². The zero-order valence-electron chi connectivity index (χ0n) is 16.0. The Morgan fingerprint density at radius 1 is 1.44 bits per heavy atom. The van der Waals surface area contributed by atoms with Crippen molar-refractivity contribution in [1.82, 2.24) is 9.91 Å². The van der Waals surface area contributed by atoms with Crippen LogP contribution >= 0.6 is 0 Å². The van der Waals surface area contributed by atoms with Crippen molar-refractivity contribution in [2.24, 2.45) is 11.6 Å². The molecular formula is C18H35FN4O2. The molecule has 1 fully saturated rings. The lowest BCUT2D eigenvalue weighted by atomic mass is 10.0. The van der Waals surface area contributed by atoms with Crippen molar-refractivity contribution >= 4 is 0 Å². The summed E-state index contributed by atoms with van der Waals surface area (Å²) in [5.74, 6) is 5.96. The number of hydrogen-bond donors (Lipinski definition) is 3. The molecule has 4 unspecified atom stereocenters. The number of halogens is 1.